The van der Waals surface area contributed by atoms with Crippen LogP contribution in [0.2, 0.25) is 5.02 Å². The number of likely N-dealkylation sites (tertiary alicyclic amines) is 1. The van der Waals surface area contributed by atoms with Gasteiger partial charge in [-0.2, -0.15) is 0 Å². The van der Waals surface area contributed by atoms with E-state index in [0.29, 0.717) is 10.8 Å². The SMILES string of the molecule is CC(CN1CCCC1)Nc1ncc(C(=O)O)cc1Cl. The number of rotatable bonds is 5. The molecule has 1 saturated heterocycles. The summed E-state index contributed by atoms with van der Waals surface area (Å²) in [6, 6.07) is 1.64. The molecule has 0 aromatic carbocycles. The van der Waals surface area contributed by atoms with Gasteiger partial charge in [-0.25, -0.2) is 9.78 Å². The Kier molecular flexibility index (Phi) is 4.61. The lowest BCUT2D eigenvalue weighted by atomic mass is 10.2. The number of pyridine rings is 1. The first-order valence-electron chi connectivity index (χ1n) is 6.44. The van der Waals surface area contributed by atoms with E-state index in [0.717, 1.165) is 19.6 Å². The summed E-state index contributed by atoms with van der Waals surface area (Å²) in [6.07, 6.45) is 3.84. The second-order valence-corrected chi connectivity index (χ2v) is 5.32. The Labute approximate surface area is 117 Å². The van der Waals surface area contributed by atoms with Crippen LogP contribution in [-0.4, -0.2) is 46.6 Å². The van der Waals surface area contributed by atoms with Crippen LogP contribution in [-0.2, 0) is 0 Å². The normalized spacial score (nSPS) is 17.4. The van der Waals surface area contributed by atoms with Gasteiger partial charge in [0.05, 0.1) is 10.6 Å². The van der Waals surface area contributed by atoms with Crippen LogP contribution in [0, 0.1) is 0 Å². The van der Waals surface area contributed by atoms with Crippen LogP contribution in [0.4, 0.5) is 5.82 Å². The van der Waals surface area contributed by atoms with Gasteiger partial charge in [-0.1, -0.05) is 11.6 Å². The molecule has 0 radical (unpaired) electrons. The van der Waals surface area contributed by atoms with E-state index in [2.05, 4.69) is 22.1 Å². The van der Waals surface area contributed by atoms with Gasteiger partial charge in [0, 0.05) is 18.8 Å². The molecule has 0 spiro atoms. The minimum Gasteiger partial charge on any atom is -0.478 e. The summed E-state index contributed by atoms with van der Waals surface area (Å²) >= 11 is 6.03. The highest BCUT2D eigenvalue weighted by Crippen LogP contribution is 2.21. The average molecular weight is 284 g/mol. The Balaban J connectivity index is 1.96. The molecule has 0 amide bonds. The lowest BCUT2D eigenvalue weighted by Gasteiger charge is -2.22. The predicted octanol–water partition coefficient (Wildman–Crippen LogP) is 2.33. The van der Waals surface area contributed by atoms with Gasteiger partial charge in [0.2, 0.25) is 0 Å². The van der Waals surface area contributed by atoms with Gasteiger partial charge in [-0.05, 0) is 38.9 Å². The molecule has 1 aromatic heterocycles. The average Bonchev–Trinajstić information content (AvgIpc) is 2.84. The third kappa shape index (κ3) is 3.81. The maximum absolute atomic E-state index is 10.8. The molecule has 1 aliphatic rings. The van der Waals surface area contributed by atoms with Crippen LogP contribution >= 0.6 is 11.6 Å². The summed E-state index contributed by atoms with van der Waals surface area (Å²) in [6.45, 7) is 5.30. The maximum atomic E-state index is 10.8. The van der Waals surface area contributed by atoms with Crippen molar-refractivity contribution in [3.8, 4) is 0 Å². The van der Waals surface area contributed by atoms with Gasteiger partial charge in [-0.3, -0.25) is 0 Å². The summed E-state index contributed by atoms with van der Waals surface area (Å²) < 4.78 is 0. The Morgan fingerprint density at radius 1 is 1.58 bits per heavy atom. The predicted molar refractivity (Wildman–Crippen MR) is 75.0 cm³/mol. The van der Waals surface area contributed by atoms with Gasteiger partial charge >= 0.3 is 5.97 Å². The summed E-state index contributed by atoms with van der Waals surface area (Å²) in [5.41, 5.74) is 0.0998. The molecule has 1 atom stereocenters. The Bertz CT molecular complexity index is 461. The van der Waals surface area contributed by atoms with E-state index in [1.54, 1.807) is 0 Å². The molecule has 2 rings (SSSR count). The molecule has 19 heavy (non-hydrogen) atoms. The molecule has 1 fully saturated rings. The van der Waals surface area contributed by atoms with Crippen molar-refractivity contribution in [2.75, 3.05) is 25.0 Å². The molecule has 5 nitrogen and oxygen atoms in total. The van der Waals surface area contributed by atoms with Gasteiger partial charge < -0.3 is 15.3 Å². The standard InChI is InChI=1S/C13H18ClN3O2/c1-9(8-17-4-2-3-5-17)16-12-11(14)6-10(7-15-12)13(18)19/h6-7,9H,2-5,8H2,1H3,(H,15,16)(H,18,19). The van der Waals surface area contributed by atoms with Crippen molar-refractivity contribution in [2.24, 2.45) is 0 Å². The quantitative estimate of drug-likeness (QED) is 0.868. The number of hydrogen-bond donors (Lipinski definition) is 2. The van der Waals surface area contributed by atoms with Crippen molar-refractivity contribution in [1.29, 1.82) is 0 Å². The third-order valence-electron chi connectivity index (χ3n) is 3.20. The third-order valence-corrected chi connectivity index (χ3v) is 3.49. The minimum atomic E-state index is -1.02. The molecule has 2 N–H and O–H groups in total. The molecule has 0 aliphatic carbocycles. The fraction of sp³-hybridized carbons (Fsp3) is 0.538. The molecule has 6 heteroatoms. The minimum absolute atomic E-state index is 0.0998. The van der Waals surface area contributed by atoms with Gasteiger partial charge in [0.25, 0.3) is 0 Å². The molecule has 0 bridgehead atoms. The smallest absolute Gasteiger partial charge is 0.337 e. The van der Waals surface area contributed by atoms with E-state index in [9.17, 15) is 4.79 Å². The number of nitrogens with one attached hydrogen (secondary N) is 1. The molecule has 0 saturated carbocycles. The molecular weight excluding hydrogens is 266 g/mol. The van der Waals surface area contributed by atoms with Crippen molar-refractivity contribution in [2.45, 2.75) is 25.8 Å². The van der Waals surface area contributed by atoms with Crippen molar-refractivity contribution in [3.05, 3.63) is 22.8 Å². The van der Waals surface area contributed by atoms with Gasteiger partial charge in [0.1, 0.15) is 5.82 Å². The summed E-state index contributed by atoms with van der Waals surface area (Å²) in [4.78, 5) is 17.3. The lowest BCUT2D eigenvalue weighted by molar-refractivity contribution is 0.0696. The Morgan fingerprint density at radius 2 is 2.26 bits per heavy atom. The van der Waals surface area contributed by atoms with Crippen molar-refractivity contribution >= 4 is 23.4 Å². The summed E-state index contributed by atoms with van der Waals surface area (Å²) in [7, 11) is 0. The second-order valence-electron chi connectivity index (χ2n) is 4.91. The number of anilines is 1. The van der Waals surface area contributed by atoms with Gasteiger partial charge in [-0.15, -0.1) is 0 Å². The topological polar surface area (TPSA) is 65.5 Å². The monoisotopic (exact) mass is 283 g/mol. The van der Waals surface area contributed by atoms with Crippen molar-refractivity contribution in [1.82, 2.24) is 9.88 Å². The number of halogens is 1. The number of carboxylic acids is 1. The summed E-state index contributed by atoms with van der Waals surface area (Å²) in [5.74, 6) is -0.482. The maximum Gasteiger partial charge on any atom is 0.337 e. The highest BCUT2D eigenvalue weighted by atomic mass is 35.5. The number of aromatic carboxylic acids is 1. The first kappa shape index (κ1) is 14.1. The zero-order valence-electron chi connectivity index (χ0n) is 10.9. The Hall–Kier alpha value is -1.33. The van der Waals surface area contributed by atoms with E-state index in [1.165, 1.54) is 25.1 Å². The molecule has 1 aromatic rings. The fourth-order valence-corrected chi connectivity index (χ4v) is 2.51. The van der Waals surface area contributed by atoms with Crippen LogP contribution in [0.15, 0.2) is 12.3 Å². The molecular formula is C13H18ClN3O2. The zero-order chi connectivity index (χ0) is 13.8. The van der Waals surface area contributed by atoms with Crippen LogP contribution in [0.1, 0.15) is 30.1 Å². The number of nitrogens with zero attached hydrogens (tertiary/aromatic N) is 2. The van der Waals surface area contributed by atoms with Crippen LogP contribution in [0.25, 0.3) is 0 Å². The first-order valence-corrected chi connectivity index (χ1v) is 6.82. The van der Waals surface area contributed by atoms with E-state index in [-0.39, 0.29) is 11.6 Å². The highest BCUT2D eigenvalue weighted by molar-refractivity contribution is 6.33. The van der Waals surface area contributed by atoms with E-state index in [4.69, 9.17) is 16.7 Å². The fourth-order valence-electron chi connectivity index (χ4n) is 2.29. The Morgan fingerprint density at radius 3 is 2.84 bits per heavy atom. The molecule has 1 unspecified atom stereocenters. The van der Waals surface area contributed by atoms with Crippen LogP contribution < -0.4 is 5.32 Å². The summed E-state index contributed by atoms with van der Waals surface area (Å²) in [5, 5.41) is 12.4. The zero-order valence-corrected chi connectivity index (χ0v) is 11.7. The van der Waals surface area contributed by atoms with Crippen molar-refractivity contribution in [3.63, 3.8) is 0 Å². The van der Waals surface area contributed by atoms with E-state index < -0.39 is 5.97 Å². The van der Waals surface area contributed by atoms with Crippen LogP contribution in [0.5, 0.6) is 0 Å². The molecule has 1 aliphatic heterocycles. The van der Waals surface area contributed by atoms with Crippen LogP contribution in [0.3, 0.4) is 0 Å². The second kappa shape index (κ2) is 6.21. The number of hydrogen-bond acceptors (Lipinski definition) is 4. The number of aromatic nitrogens is 1. The van der Waals surface area contributed by atoms with E-state index in [1.807, 2.05) is 0 Å². The largest absolute Gasteiger partial charge is 0.478 e. The lowest BCUT2D eigenvalue weighted by Crippen LogP contribution is -2.33. The highest BCUT2D eigenvalue weighted by Gasteiger charge is 2.16. The molecule has 2 heterocycles. The van der Waals surface area contributed by atoms with E-state index >= 15 is 0 Å². The molecule has 104 valence electrons. The first-order chi connectivity index (χ1) is 9.06. The number of carboxylic acid groups (broad SMARTS) is 1. The van der Waals surface area contributed by atoms with Gasteiger partial charge in [0.15, 0.2) is 0 Å². The number of carbonyl (C=O) groups is 1. The van der Waals surface area contributed by atoms with Crippen molar-refractivity contribution < 1.29 is 9.90 Å².